The Kier molecular flexibility index (Phi) is 3.97. The number of ether oxygens (including phenoxy) is 1. The summed E-state index contributed by atoms with van der Waals surface area (Å²) < 4.78 is 57.2. The Hall–Kier alpha value is -2.38. The fourth-order valence-electron chi connectivity index (χ4n) is 1.80. The SMILES string of the molecule is COC(=O)c1cnn(Cc2ccc(F)cc2C(F)(F)F)c1. The van der Waals surface area contributed by atoms with Crippen LogP contribution in [0.15, 0.2) is 30.6 Å². The highest BCUT2D eigenvalue weighted by Crippen LogP contribution is 2.32. The van der Waals surface area contributed by atoms with Gasteiger partial charge in [-0.05, 0) is 17.7 Å². The van der Waals surface area contributed by atoms with Gasteiger partial charge in [-0.3, -0.25) is 4.68 Å². The lowest BCUT2D eigenvalue weighted by Crippen LogP contribution is -2.12. The van der Waals surface area contributed by atoms with Crippen LogP contribution in [0.4, 0.5) is 17.6 Å². The van der Waals surface area contributed by atoms with Crippen molar-refractivity contribution in [1.29, 1.82) is 0 Å². The number of carbonyl (C=O) groups is 1. The third-order valence-electron chi connectivity index (χ3n) is 2.76. The van der Waals surface area contributed by atoms with Crippen LogP contribution >= 0.6 is 0 Å². The molecule has 0 radical (unpaired) electrons. The number of esters is 1. The van der Waals surface area contributed by atoms with Crippen LogP contribution in [0.2, 0.25) is 0 Å². The average Bonchev–Trinajstić information content (AvgIpc) is 2.87. The van der Waals surface area contributed by atoms with E-state index >= 15 is 0 Å². The third-order valence-corrected chi connectivity index (χ3v) is 2.76. The first kappa shape index (κ1) is 15.0. The first-order valence-corrected chi connectivity index (χ1v) is 5.77. The molecule has 21 heavy (non-hydrogen) atoms. The van der Waals surface area contributed by atoms with Crippen LogP contribution in [0.3, 0.4) is 0 Å². The minimum Gasteiger partial charge on any atom is -0.465 e. The van der Waals surface area contributed by atoms with Crippen LogP contribution in [0, 0.1) is 5.82 Å². The Morgan fingerprint density at radius 3 is 2.71 bits per heavy atom. The van der Waals surface area contributed by atoms with Crippen LogP contribution in [0.25, 0.3) is 0 Å². The first-order chi connectivity index (χ1) is 9.81. The first-order valence-electron chi connectivity index (χ1n) is 5.77. The van der Waals surface area contributed by atoms with E-state index in [0.717, 1.165) is 16.8 Å². The number of methoxy groups -OCH3 is 1. The number of aromatic nitrogens is 2. The number of halogens is 4. The summed E-state index contributed by atoms with van der Waals surface area (Å²) >= 11 is 0. The summed E-state index contributed by atoms with van der Waals surface area (Å²) in [6.45, 7) is -0.244. The molecule has 1 heterocycles. The second-order valence-electron chi connectivity index (χ2n) is 4.22. The average molecular weight is 302 g/mol. The topological polar surface area (TPSA) is 44.1 Å². The van der Waals surface area contributed by atoms with Crippen molar-refractivity contribution in [2.24, 2.45) is 0 Å². The van der Waals surface area contributed by atoms with Crippen molar-refractivity contribution >= 4 is 5.97 Å². The predicted octanol–water partition coefficient (Wildman–Crippen LogP) is 2.88. The Morgan fingerprint density at radius 2 is 2.10 bits per heavy atom. The molecule has 8 heteroatoms. The lowest BCUT2D eigenvalue weighted by Gasteiger charge is -2.12. The van der Waals surface area contributed by atoms with Crippen molar-refractivity contribution in [2.45, 2.75) is 12.7 Å². The molecule has 1 aromatic heterocycles. The zero-order chi connectivity index (χ0) is 15.6. The molecule has 0 unspecified atom stereocenters. The van der Waals surface area contributed by atoms with E-state index < -0.39 is 23.5 Å². The van der Waals surface area contributed by atoms with Gasteiger partial charge < -0.3 is 4.74 Å². The molecule has 1 aromatic carbocycles. The Bertz CT molecular complexity index is 664. The maximum atomic E-state index is 13.0. The molecule has 0 aliphatic carbocycles. The Morgan fingerprint density at radius 1 is 1.38 bits per heavy atom. The highest BCUT2D eigenvalue weighted by Gasteiger charge is 2.33. The summed E-state index contributed by atoms with van der Waals surface area (Å²) in [7, 11) is 1.18. The summed E-state index contributed by atoms with van der Waals surface area (Å²) in [6.07, 6.45) is -2.23. The van der Waals surface area contributed by atoms with Crippen LogP contribution < -0.4 is 0 Å². The molecular weight excluding hydrogens is 292 g/mol. The second-order valence-corrected chi connectivity index (χ2v) is 4.22. The molecule has 0 N–H and O–H groups in total. The van der Waals surface area contributed by atoms with Crippen LogP contribution in [-0.2, 0) is 17.5 Å². The van der Waals surface area contributed by atoms with Crippen LogP contribution in [0.1, 0.15) is 21.5 Å². The van der Waals surface area contributed by atoms with Gasteiger partial charge in [-0.25, -0.2) is 9.18 Å². The van der Waals surface area contributed by atoms with Gasteiger partial charge >= 0.3 is 12.1 Å². The van der Waals surface area contributed by atoms with Crippen molar-refractivity contribution in [3.63, 3.8) is 0 Å². The molecule has 0 spiro atoms. The van der Waals surface area contributed by atoms with Crippen LogP contribution in [-0.4, -0.2) is 22.9 Å². The van der Waals surface area contributed by atoms with E-state index in [2.05, 4.69) is 9.84 Å². The standard InChI is InChI=1S/C13H10F4N2O2/c1-21-12(20)9-5-18-19(7-9)6-8-2-3-10(14)4-11(8)13(15,16)17/h2-5,7H,6H2,1H3. The number of benzene rings is 1. The summed E-state index contributed by atoms with van der Waals surface area (Å²) in [5, 5.41) is 3.78. The lowest BCUT2D eigenvalue weighted by atomic mass is 10.1. The van der Waals surface area contributed by atoms with E-state index in [1.165, 1.54) is 19.5 Å². The maximum absolute atomic E-state index is 13.0. The molecular formula is C13H10F4N2O2. The third kappa shape index (κ3) is 3.39. The molecule has 0 fully saturated rings. The molecule has 0 bridgehead atoms. The molecule has 0 amide bonds. The molecule has 0 saturated heterocycles. The number of alkyl halides is 3. The highest BCUT2D eigenvalue weighted by atomic mass is 19.4. The van der Waals surface area contributed by atoms with Crippen molar-refractivity contribution in [3.05, 3.63) is 53.1 Å². The lowest BCUT2D eigenvalue weighted by molar-refractivity contribution is -0.138. The molecule has 112 valence electrons. The van der Waals surface area contributed by atoms with Gasteiger partial charge in [0.25, 0.3) is 0 Å². The van der Waals surface area contributed by atoms with Crippen molar-refractivity contribution in [2.75, 3.05) is 7.11 Å². The van der Waals surface area contributed by atoms with E-state index in [1.54, 1.807) is 0 Å². The van der Waals surface area contributed by atoms with Gasteiger partial charge in [0.05, 0.1) is 31.0 Å². The smallest absolute Gasteiger partial charge is 0.416 e. The summed E-state index contributed by atoms with van der Waals surface area (Å²) in [5.41, 5.74) is -1.10. The number of hydrogen-bond acceptors (Lipinski definition) is 3. The van der Waals surface area contributed by atoms with Gasteiger partial charge in [-0.15, -0.1) is 0 Å². The quantitative estimate of drug-likeness (QED) is 0.647. The zero-order valence-corrected chi connectivity index (χ0v) is 10.8. The number of hydrogen-bond donors (Lipinski definition) is 0. The minimum absolute atomic E-state index is 0.119. The maximum Gasteiger partial charge on any atom is 0.416 e. The van der Waals surface area contributed by atoms with Crippen molar-refractivity contribution < 1.29 is 27.1 Å². The van der Waals surface area contributed by atoms with Gasteiger partial charge in [0.1, 0.15) is 5.82 Å². The fraction of sp³-hybridized carbons (Fsp3) is 0.231. The molecule has 2 aromatic rings. The van der Waals surface area contributed by atoms with Gasteiger partial charge in [-0.2, -0.15) is 18.3 Å². The van der Waals surface area contributed by atoms with Gasteiger partial charge in [-0.1, -0.05) is 6.07 Å². The highest BCUT2D eigenvalue weighted by molar-refractivity contribution is 5.88. The van der Waals surface area contributed by atoms with Crippen molar-refractivity contribution in [1.82, 2.24) is 9.78 Å². The monoisotopic (exact) mass is 302 g/mol. The van der Waals surface area contributed by atoms with E-state index in [-0.39, 0.29) is 17.7 Å². The van der Waals surface area contributed by atoms with Crippen LogP contribution in [0.5, 0.6) is 0 Å². The molecule has 0 saturated carbocycles. The zero-order valence-electron chi connectivity index (χ0n) is 10.8. The second kappa shape index (κ2) is 5.55. The van der Waals surface area contributed by atoms with Gasteiger partial charge in [0.2, 0.25) is 0 Å². The predicted molar refractivity (Wildman–Crippen MR) is 64.1 cm³/mol. The van der Waals surface area contributed by atoms with Crippen molar-refractivity contribution in [3.8, 4) is 0 Å². The normalized spacial score (nSPS) is 11.5. The molecule has 2 rings (SSSR count). The van der Waals surface area contributed by atoms with Gasteiger partial charge in [0.15, 0.2) is 0 Å². The molecule has 4 nitrogen and oxygen atoms in total. The van der Waals surface area contributed by atoms with Gasteiger partial charge in [0, 0.05) is 6.20 Å². The Balaban J connectivity index is 2.31. The number of nitrogens with zero attached hydrogens (tertiary/aromatic N) is 2. The molecule has 0 aliphatic heterocycles. The van der Waals surface area contributed by atoms with E-state index in [0.29, 0.717) is 6.07 Å². The summed E-state index contributed by atoms with van der Waals surface area (Å²) in [5.74, 6) is -1.61. The van der Waals surface area contributed by atoms with E-state index in [1.807, 2.05) is 0 Å². The molecule has 0 aliphatic rings. The van der Waals surface area contributed by atoms with E-state index in [4.69, 9.17) is 0 Å². The summed E-state index contributed by atoms with van der Waals surface area (Å²) in [6, 6.07) is 2.41. The number of carbonyl (C=O) groups excluding carboxylic acids is 1. The number of rotatable bonds is 3. The molecule has 0 atom stereocenters. The largest absolute Gasteiger partial charge is 0.465 e. The fourth-order valence-corrected chi connectivity index (χ4v) is 1.80. The summed E-state index contributed by atoms with van der Waals surface area (Å²) in [4.78, 5) is 11.2. The van der Waals surface area contributed by atoms with E-state index in [9.17, 15) is 22.4 Å². The minimum atomic E-state index is -4.67. The Labute approximate surface area is 116 Å².